The monoisotopic (exact) mass is 212 g/mol. The number of rotatable bonds is 6. The van der Waals surface area contributed by atoms with Gasteiger partial charge in [-0.05, 0) is 13.3 Å². The van der Waals surface area contributed by atoms with Crippen molar-refractivity contribution in [1.82, 2.24) is 0 Å². The van der Waals surface area contributed by atoms with E-state index in [2.05, 4.69) is 17.6 Å². The first-order valence-corrected chi connectivity index (χ1v) is 5.44. The summed E-state index contributed by atoms with van der Waals surface area (Å²) in [5, 5.41) is 6.21. The minimum absolute atomic E-state index is 0.0270. The van der Waals surface area contributed by atoms with Gasteiger partial charge < -0.3 is 10.6 Å². The molecule has 0 fully saturated rings. The number of hydrogen-bond donors (Lipinski definition) is 2. The van der Waals surface area contributed by atoms with Gasteiger partial charge in [0.2, 0.25) is 5.43 Å². The molecule has 0 radical (unpaired) electrons. The number of hydrogen-bond acceptors (Lipinski definition) is 4. The first-order chi connectivity index (χ1) is 6.72. The smallest absolute Gasteiger partial charge is 0.223 e. The van der Waals surface area contributed by atoms with E-state index in [9.17, 15) is 4.79 Å². The number of nitrogens with one attached hydrogen (secondary N) is 2. The lowest BCUT2D eigenvalue weighted by molar-refractivity contribution is 0.833. The van der Waals surface area contributed by atoms with E-state index in [0.29, 0.717) is 10.2 Å². The van der Waals surface area contributed by atoms with Crippen LogP contribution < -0.4 is 16.1 Å². The zero-order chi connectivity index (χ0) is 10.6. The molecule has 4 heteroatoms. The summed E-state index contributed by atoms with van der Waals surface area (Å²) in [6.07, 6.45) is 2.23. The molecule has 1 aromatic rings. The van der Waals surface area contributed by atoms with Crippen molar-refractivity contribution in [2.75, 3.05) is 23.7 Å². The molecule has 1 rings (SSSR count). The topological polar surface area (TPSA) is 41.1 Å². The fourth-order valence-corrected chi connectivity index (χ4v) is 1.57. The van der Waals surface area contributed by atoms with E-state index in [0.717, 1.165) is 31.6 Å². The fraction of sp³-hybridized carbons (Fsp3) is 0.600. The molecule has 0 saturated carbocycles. The van der Waals surface area contributed by atoms with Gasteiger partial charge in [-0.3, -0.25) is 4.79 Å². The Morgan fingerprint density at radius 1 is 1.21 bits per heavy atom. The van der Waals surface area contributed by atoms with E-state index in [1.54, 1.807) is 0 Å². The molecular formula is C10H16N2OS. The minimum Gasteiger partial charge on any atom is -0.382 e. The zero-order valence-corrected chi connectivity index (χ0v) is 9.46. The van der Waals surface area contributed by atoms with Gasteiger partial charge in [0.25, 0.3) is 0 Å². The molecule has 0 amide bonds. The third-order valence-corrected chi connectivity index (χ3v) is 2.49. The van der Waals surface area contributed by atoms with E-state index in [4.69, 9.17) is 12.2 Å². The third-order valence-electron chi connectivity index (χ3n) is 2.10. The van der Waals surface area contributed by atoms with Crippen LogP contribution in [-0.4, -0.2) is 13.1 Å². The van der Waals surface area contributed by atoms with Gasteiger partial charge in [0, 0.05) is 13.1 Å². The molecule has 1 aromatic carbocycles. The second-order valence-electron chi connectivity index (χ2n) is 3.22. The number of unbranched alkanes of at least 4 members (excludes halogenated alkanes) is 1. The van der Waals surface area contributed by atoms with E-state index in [-0.39, 0.29) is 5.43 Å². The average Bonchev–Trinajstić information content (AvgIpc) is 2.21. The van der Waals surface area contributed by atoms with Crippen molar-refractivity contribution in [2.24, 2.45) is 0 Å². The Balaban J connectivity index is 2.62. The highest BCUT2D eigenvalue weighted by Gasteiger charge is 2.15. The van der Waals surface area contributed by atoms with Gasteiger partial charge in [0.05, 0.1) is 5.69 Å². The number of anilines is 2. The summed E-state index contributed by atoms with van der Waals surface area (Å²) < 4.78 is 0.442. The van der Waals surface area contributed by atoms with Crippen LogP contribution in [0.5, 0.6) is 0 Å². The van der Waals surface area contributed by atoms with Gasteiger partial charge in [0.15, 0.2) is 0 Å². The van der Waals surface area contributed by atoms with E-state index in [1.165, 1.54) is 0 Å². The molecule has 14 heavy (non-hydrogen) atoms. The van der Waals surface area contributed by atoms with Crippen LogP contribution in [0.25, 0.3) is 0 Å². The summed E-state index contributed by atoms with van der Waals surface area (Å²) >= 11 is 4.96. The molecule has 0 aliphatic heterocycles. The van der Waals surface area contributed by atoms with Crippen molar-refractivity contribution in [3.63, 3.8) is 0 Å². The highest BCUT2D eigenvalue weighted by atomic mass is 32.1. The Hall–Kier alpha value is -0.900. The Morgan fingerprint density at radius 3 is 2.50 bits per heavy atom. The molecule has 2 N–H and O–H groups in total. The molecule has 0 aliphatic rings. The van der Waals surface area contributed by atoms with E-state index < -0.39 is 0 Å². The molecule has 0 saturated heterocycles. The molecule has 0 aliphatic carbocycles. The van der Waals surface area contributed by atoms with Gasteiger partial charge in [-0.25, -0.2) is 0 Å². The van der Waals surface area contributed by atoms with Gasteiger partial charge in [-0.2, -0.15) is 0 Å². The van der Waals surface area contributed by atoms with Crippen LogP contribution in [0.15, 0.2) is 4.79 Å². The Morgan fingerprint density at radius 2 is 1.93 bits per heavy atom. The van der Waals surface area contributed by atoms with E-state index in [1.807, 2.05) is 6.92 Å². The largest absolute Gasteiger partial charge is 0.382 e. The maximum absolute atomic E-state index is 11.3. The van der Waals surface area contributed by atoms with Gasteiger partial charge in [0.1, 0.15) is 10.2 Å². The maximum atomic E-state index is 11.3. The Kier molecular flexibility index (Phi) is 4.07. The summed E-state index contributed by atoms with van der Waals surface area (Å²) in [4.78, 5) is 11.3. The highest BCUT2D eigenvalue weighted by molar-refractivity contribution is 7.71. The molecule has 0 heterocycles. The van der Waals surface area contributed by atoms with Gasteiger partial charge in [-0.15, -0.1) is 0 Å². The van der Waals surface area contributed by atoms with Crippen LogP contribution in [-0.2, 0) is 0 Å². The minimum atomic E-state index is -0.0270. The summed E-state index contributed by atoms with van der Waals surface area (Å²) in [5.74, 6) is 0. The van der Waals surface area contributed by atoms with Crippen LogP contribution in [0, 0.1) is 4.51 Å². The van der Waals surface area contributed by atoms with Crippen LogP contribution in [0.3, 0.4) is 0 Å². The van der Waals surface area contributed by atoms with Crippen molar-refractivity contribution >= 4 is 23.6 Å². The fourth-order valence-electron chi connectivity index (χ4n) is 1.30. The zero-order valence-electron chi connectivity index (χ0n) is 8.64. The van der Waals surface area contributed by atoms with Crippen LogP contribution in [0.4, 0.5) is 11.4 Å². The lowest BCUT2D eigenvalue weighted by Crippen LogP contribution is -2.21. The van der Waals surface area contributed by atoms with Crippen molar-refractivity contribution in [3.8, 4) is 0 Å². The predicted octanol–water partition coefficient (Wildman–Crippen LogP) is 2.30. The Bertz CT molecular complexity index is 366. The molecule has 0 bridgehead atoms. The first-order valence-electron chi connectivity index (χ1n) is 5.03. The van der Waals surface area contributed by atoms with Crippen LogP contribution in [0.2, 0.25) is 0 Å². The second-order valence-corrected chi connectivity index (χ2v) is 3.63. The molecule has 78 valence electrons. The predicted molar refractivity (Wildman–Crippen MR) is 63.5 cm³/mol. The molecule has 3 nitrogen and oxygen atoms in total. The average molecular weight is 212 g/mol. The Labute approximate surface area is 89.2 Å². The van der Waals surface area contributed by atoms with E-state index >= 15 is 0 Å². The van der Waals surface area contributed by atoms with Crippen molar-refractivity contribution in [2.45, 2.75) is 26.7 Å². The van der Waals surface area contributed by atoms with Gasteiger partial charge in [-0.1, -0.05) is 25.6 Å². The molecular weight excluding hydrogens is 196 g/mol. The lowest BCUT2D eigenvalue weighted by atomic mass is 10.2. The summed E-state index contributed by atoms with van der Waals surface area (Å²) in [6, 6.07) is 0. The molecule has 0 atom stereocenters. The van der Waals surface area contributed by atoms with Crippen molar-refractivity contribution in [3.05, 3.63) is 14.7 Å². The lowest BCUT2D eigenvalue weighted by Gasteiger charge is -2.14. The SMILES string of the molecule is CCCCNc1c(NCC)c(=O)c1=S. The maximum Gasteiger partial charge on any atom is 0.223 e. The summed E-state index contributed by atoms with van der Waals surface area (Å²) in [6.45, 7) is 5.73. The van der Waals surface area contributed by atoms with Gasteiger partial charge >= 0.3 is 0 Å². The third kappa shape index (κ3) is 2.12. The molecule has 0 unspecified atom stereocenters. The van der Waals surface area contributed by atoms with Crippen molar-refractivity contribution < 1.29 is 0 Å². The second kappa shape index (κ2) is 5.10. The summed E-state index contributed by atoms with van der Waals surface area (Å²) in [5.41, 5.74) is 1.47. The normalized spacial score (nSPS) is 10.4. The molecule has 0 aromatic heterocycles. The van der Waals surface area contributed by atoms with Crippen LogP contribution >= 0.6 is 12.2 Å². The first kappa shape index (κ1) is 11.2. The quantitative estimate of drug-likeness (QED) is 0.561. The highest BCUT2D eigenvalue weighted by Crippen LogP contribution is 2.22. The molecule has 0 spiro atoms. The standard InChI is InChI=1S/C10H16N2OS/c1-3-5-6-12-8-7(11-4-2)9(13)10(8)14/h11-12H,3-6H2,1-2H3. The van der Waals surface area contributed by atoms with Crippen molar-refractivity contribution in [1.29, 1.82) is 0 Å². The summed E-state index contributed by atoms with van der Waals surface area (Å²) in [7, 11) is 0. The van der Waals surface area contributed by atoms with Crippen LogP contribution in [0.1, 0.15) is 26.7 Å².